The third kappa shape index (κ3) is 2.32. The van der Waals surface area contributed by atoms with Crippen molar-refractivity contribution in [1.29, 1.82) is 0 Å². The largest absolute Gasteiger partial charge is 0.323 e. The fourth-order valence-corrected chi connectivity index (χ4v) is 4.39. The summed E-state index contributed by atoms with van der Waals surface area (Å²) < 4.78 is 2.25. The Morgan fingerprint density at radius 3 is 1.75 bits per heavy atom. The van der Waals surface area contributed by atoms with Crippen LogP contribution in [0.2, 0.25) is 0 Å². The Labute approximate surface area is 165 Å². The number of fused-ring (bicyclic) bond motifs is 1. The van der Waals surface area contributed by atoms with Gasteiger partial charge in [0.15, 0.2) is 0 Å². The topological polar surface area (TPSA) is 21.1 Å². The van der Waals surface area contributed by atoms with Crippen molar-refractivity contribution in [2.75, 3.05) is 11.4 Å². The van der Waals surface area contributed by atoms with E-state index in [1.807, 2.05) is 0 Å². The molecule has 3 heteroatoms. The molecule has 2 heterocycles. The zero-order chi connectivity index (χ0) is 19.1. The highest BCUT2D eigenvalue weighted by atomic mass is 15.5. The van der Waals surface area contributed by atoms with E-state index in [1.54, 1.807) is 0 Å². The van der Waals surface area contributed by atoms with Crippen molar-refractivity contribution in [2.24, 2.45) is 0 Å². The number of aromatic nitrogens is 2. The monoisotopic (exact) mass is 365 g/mol. The van der Waals surface area contributed by atoms with Gasteiger partial charge in [0.25, 0.3) is 0 Å². The van der Waals surface area contributed by atoms with Gasteiger partial charge < -0.3 is 4.90 Å². The Balaban J connectivity index is 1.83. The van der Waals surface area contributed by atoms with Crippen molar-refractivity contribution in [1.82, 2.24) is 9.78 Å². The third-order valence-electron chi connectivity index (χ3n) is 5.90. The van der Waals surface area contributed by atoms with Crippen molar-refractivity contribution in [2.45, 2.75) is 19.4 Å². The lowest BCUT2D eigenvalue weighted by Crippen LogP contribution is -2.39. The van der Waals surface area contributed by atoms with Crippen LogP contribution in [-0.4, -0.2) is 16.3 Å². The molecule has 0 bridgehead atoms. The number of benzene rings is 3. The Hall–Kier alpha value is -3.33. The minimum absolute atomic E-state index is 0.368. The zero-order valence-electron chi connectivity index (χ0n) is 16.2. The molecule has 1 aliphatic heterocycles. The summed E-state index contributed by atoms with van der Waals surface area (Å²) >= 11 is 0. The van der Waals surface area contributed by atoms with Crippen molar-refractivity contribution >= 4 is 11.5 Å². The molecular formula is C25H23N3. The molecule has 0 unspecified atom stereocenters. The average molecular weight is 365 g/mol. The molecule has 28 heavy (non-hydrogen) atoms. The van der Waals surface area contributed by atoms with Crippen LogP contribution in [0.25, 0.3) is 0 Å². The van der Waals surface area contributed by atoms with Crippen LogP contribution >= 0.6 is 0 Å². The second-order valence-electron chi connectivity index (χ2n) is 7.46. The summed E-state index contributed by atoms with van der Waals surface area (Å²) in [6.45, 7) is 5.09. The van der Waals surface area contributed by atoms with E-state index in [-0.39, 0.29) is 5.54 Å². The molecule has 0 saturated heterocycles. The average Bonchev–Trinajstić information content (AvgIpc) is 3.25. The van der Waals surface area contributed by atoms with Crippen LogP contribution in [0.4, 0.5) is 11.5 Å². The summed E-state index contributed by atoms with van der Waals surface area (Å²) in [7, 11) is 0. The first kappa shape index (κ1) is 16.8. The number of aryl methyl sites for hydroxylation is 1. The third-order valence-corrected chi connectivity index (χ3v) is 5.90. The number of hydrogen-bond donors (Lipinski definition) is 0. The quantitative estimate of drug-likeness (QED) is 0.482. The van der Waals surface area contributed by atoms with E-state index in [0.29, 0.717) is 0 Å². The van der Waals surface area contributed by atoms with E-state index in [2.05, 4.69) is 114 Å². The van der Waals surface area contributed by atoms with Gasteiger partial charge in [-0.1, -0.05) is 78.9 Å². The summed E-state index contributed by atoms with van der Waals surface area (Å²) in [5, 5.41) is 5.05. The molecule has 3 nitrogen and oxygen atoms in total. The van der Waals surface area contributed by atoms with Gasteiger partial charge in [-0.05, 0) is 37.1 Å². The van der Waals surface area contributed by atoms with Crippen LogP contribution in [0.5, 0.6) is 0 Å². The highest BCUT2D eigenvalue weighted by Crippen LogP contribution is 2.47. The Morgan fingerprint density at radius 1 is 0.714 bits per heavy atom. The molecule has 3 aromatic carbocycles. The van der Waals surface area contributed by atoms with Crippen LogP contribution in [0, 0.1) is 13.8 Å². The minimum Gasteiger partial charge on any atom is -0.323 e. The van der Waals surface area contributed by atoms with E-state index >= 15 is 0 Å². The van der Waals surface area contributed by atoms with Crippen molar-refractivity contribution < 1.29 is 0 Å². The smallest absolute Gasteiger partial charge is 0.136 e. The lowest BCUT2D eigenvalue weighted by atomic mass is 9.83. The number of nitrogens with zero attached hydrogens (tertiary/aromatic N) is 3. The molecule has 138 valence electrons. The first-order valence-electron chi connectivity index (χ1n) is 9.72. The van der Waals surface area contributed by atoms with E-state index < -0.39 is 0 Å². The van der Waals surface area contributed by atoms with Gasteiger partial charge in [0, 0.05) is 11.3 Å². The minimum atomic E-state index is -0.368. The van der Waals surface area contributed by atoms with Crippen LogP contribution < -0.4 is 4.90 Å². The molecule has 0 radical (unpaired) electrons. The van der Waals surface area contributed by atoms with E-state index in [0.717, 1.165) is 12.2 Å². The van der Waals surface area contributed by atoms with E-state index in [4.69, 9.17) is 5.10 Å². The second-order valence-corrected chi connectivity index (χ2v) is 7.46. The summed E-state index contributed by atoms with van der Waals surface area (Å²) in [6.07, 6.45) is 0. The Bertz CT molecular complexity index is 1060. The highest BCUT2D eigenvalue weighted by Gasteiger charge is 2.48. The van der Waals surface area contributed by atoms with E-state index in [9.17, 15) is 0 Å². The van der Waals surface area contributed by atoms with Crippen LogP contribution in [0.1, 0.15) is 22.4 Å². The maximum atomic E-state index is 5.05. The maximum Gasteiger partial charge on any atom is 0.136 e. The van der Waals surface area contributed by atoms with Crippen molar-refractivity contribution in [3.63, 3.8) is 0 Å². The Kier molecular flexibility index (Phi) is 3.83. The fraction of sp³-hybridized carbons (Fsp3) is 0.160. The van der Waals surface area contributed by atoms with Crippen LogP contribution in [0.3, 0.4) is 0 Å². The van der Waals surface area contributed by atoms with Crippen LogP contribution in [0.15, 0.2) is 91.0 Å². The van der Waals surface area contributed by atoms with Crippen LogP contribution in [-0.2, 0) is 5.54 Å². The molecule has 0 saturated carbocycles. The first-order valence-corrected chi connectivity index (χ1v) is 9.72. The molecule has 0 N–H and O–H groups in total. The predicted octanol–water partition coefficient (Wildman–Crippen LogP) is 5.44. The maximum absolute atomic E-state index is 5.05. The van der Waals surface area contributed by atoms with Gasteiger partial charge in [0.05, 0.1) is 12.2 Å². The molecule has 1 aliphatic rings. The fourth-order valence-electron chi connectivity index (χ4n) is 4.39. The lowest BCUT2D eigenvalue weighted by Gasteiger charge is -2.32. The number of hydrogen-bond acceptors (Lipinski definition) is 2. The molecular weight excluding hydrogens is 342 g/mol. The van der Waals surface area contributed by atoms with Gasteiger partial charge in [-0.25, -0.2) is 4.68 Å². The molecule has 0 amide bonds. The molecule has 0 fully saturated rings. The summed E-state index contributed by atoms with van der Waals surface area (Å²) in [4.78, 5) is 2.41. The lowest BCUT2D eigenvalue weighted by molar-refractivity contribution is 0.441. The standard InChI is InChI=1S/C25H23N3/c1-19-20(2)26-28-24(19)27(23-16-10-5-11-17-23)18-25(28,21-12-6-3-7-13-21)22-14-8-4-9-15-22/h3-17H,18H2,1-2H3. The summed E-state index contributed by atoms with van der Waals surface area (Å²) in [6, 6.07) is 32.1. The molecule has 0 atom stereocenters. The van der Waals surface area contributed by atoms with Gasteiger partial charge in [0.1, 0.15) is 11.4 Å². The molecule has 4 aromatic rings. The van der Waals surface area contributed by atoms with Gasteiger partial charge >= 0.3 is 0 Å². The number of rotatable bonds is 3. The van der Waals surface area contributed by atoms with Crippen molar-refractivity contribution in [3.8, 4) is 0 Å². The Morgan fingerprint density at radius 2 is 1.21 bits per heavy atom. The predicted molar refractivity (Wildman–Crippen MR) is 114 cm³/mol. The molecule has 5 rings (SSSR count). The second kappa shape index (κ2) is 6.38. The van der Waals surface area contributed by atoms with E-state index in [1.165, 1.54) is 28.2 Å². The first-order chi connectivity index (χ1) is 13.7. The number of anilines is 2. The number of para-hydroxylation sites is 1. The summed E-state index contributed by atoms with van der Waals surface area (Å²) in [5.41, 5.74) is 5.64. The molecule has 0 spiro atoms. The van der Waals surface area contributed by atoms with Gasteiger partial charge in [-0.15, -0.1) is 0 Å². The highest BCUT2D eigenvalue weighted by molar-refractivity contribution is 5.70. The van der Waals surface area contributed by atoms with Gasteiger partial charge in [-0.2, -0.15) is 5.10 Å². The van der Waals surface area contributed by atoms with Gasteiger partial charge in [-0.3, -0.25) is 0 Å². The summed E-state index contributed by atoms with van der Waals surface area (Å²) in [5.74, 6) is 1.18. The normalized spacial score (nSPS) is 14.9. The van der Waals surface area contributed by atoms with Crippen molar-refractivity contribution in [3.05, 3.63) is 113 Å². The zero-order valence-corrected chi connectivity index (χ0v) is 16.2. The molecule has 0 aliphatic carbocycles. The molecule has 1 aromatic heterocycles. The van der Waals surface area contributed by atoms with Gasteiger partial charge in [0.2, 0.25) is 0 Å². The SMILES string of the molecule is Cc1nn2c(c1C)N(c1ccccc1)CC2(c1ccccc1)c1ccccc1.